The molecule has 0 aliphatic carbocycles. The van der Waals surface area contributed by atoms with Crippen LogP contribution in [-0.4, -0.2) is 95.0 Å². The Labute approximate surface area is 289 Å². The molecule has 1 N–H and O–H groups in total. The first-order chi connectivity index (χ1) is 22.3. The van der Waals surface area contributed by atoms with E-state index in [4.69, 9.17) is 4.74 Å². The van der Waals surface area contributed by atoms with Gasteiger partial charge in [0.05, 0.1) is 0 Å². The van der Waals surface area contributed by atoms with Crippen LogP contribution in [0.25, 0.3) is 0 Å². The van der Waals surface area contributed by atoms with E-state index in [-0.39, 0.29) is 25.1 Å². The molecule has 2 aromatic carbocycles. The number of carbonyl (C=O) groups excluding carboxylic acids is 3. The molecule has 3 saturated heterocycles. The number of fused-ring (bicyclic) bond motifs is 1. The lowest BCUT2D eigenvalue weighted by molar-refractivity contribution is -0.128. The van der Waals surface area contributed by atoms with E-state index in [9.17, 15) is 14.4 Å². The van der Waals surface area contributed by atoms with Gasteiger partial charge in [0, 0.05) is 65.7 Å². The highest BCUT2D eigenvalue weighted by molar-refractivity contribution is 9.11. The second-order valence-electron chi connectivity index (χ2n) is 13.2. The van der Waals surface area contributed by atoms with Crippen LogP contribution in [0.4, 0.5) is 15.3 Å². The summed E-state index contributed by atoms with van der Waals surface area (Å²) in [5.41, 5.74) is 3.05. The first-order valence-corrected chi connectivity index (χ1v) is 18.3. The lowest BCUT2D eigenvalue weighted by Gasteiger charge is -2.57. The Balaban J connectivity index is 1.24. The molecule has 4 heterocycles. The van der Waals surface area contributed by atoms with E-state index in [0.717, 1.165) is 83.1 Å². The Morgan fingerprint density at radius 2 is 1.67 bits per heavy atom. The minimum atomic E-state index is -0.873. The SMILES string of the molecule is Cc1c(Br)cc(COC(=O)N2CC[C@@H](N3CCc4ccccc4NC3=O)C[C@@]2(CC=O)N2CCC(N3CCCCC3)CC2)cc1Br. The Morgan fingerprint density at radius 1 is 0.978 bits per heavy atom. The highest BCUT2D eigenvalue weighted by Crippen LogP contribution is 2.40. The van der Waals surface area contributed by atoms with Crippen molar-refractivity contribution in [1.82, 2.24) is 19.6 Å². The number of nitrogens with zero attached hydrogens (tertiary/aromatic N) is 4. The molecule has 248 valence electrons. The number of benzene rings is 2. The Kier molecular flexibility index (Phi) is 10.7. The number of amides is 3. The maximum absolute atomic E-state index is 14.0. The number of likely N-dealkylation sites (tertiary alicyclic amines) is 3. The number of anilines is 1. The van der Waals surface area contributed by atoms with E-state index in [1.807, 2.05) is 47.1 Å². The molecule has 0 saturated carbocycles. The molecule has 11 heteroatoms. The van der Waals surface area contributed by atoms with E-state index in [1.165, 1.54) is 19.3 Å². The molecule has 3 amide bonds. The van der Waals surface area contributed by atoms with Gasteiger partial charge in [-0.1, -0.05) is 56.5 Å². The first kappa shape index (κ1) is 33.4. The maximum Gasteiger partial charge on any atom is 0.411 e. The zero-order valence-corrected chi connectivity index (χ0v) is 29.9. The average Bonchev–Trinajstić information content (AvgIpc) is 3.24. The van der Waals surface area contributed by atoms with Crippen molar-refractivity contribution >= 4 is 56.0 Å². The van der Waals surface area contributed by atoms with Crippen LogP contribution in [-0.2, 0) is 22.6 Å². The molecule has 4 aliphatic heterocycles. The van der Waals surface area contributed by atoms with Gasteiger partial charge >= 0.3 is 12.1 Å². The van der Waals surface area contributed by atoms with Crippen LogP contribution < -0.4 is 5.32 Å². The second kappa shape index (κ2) is 14.7. The van der Waals surface area contributed by atoms with Crippen molar-refractivity contribution < 1.29 is 19.1 Å². The standard InChI is InChI=1S/C35H45Br2N5O4/c1-25-30(36)21-26(22-31(25)37)24-46-34(45)42-19-12-29(41-18-9-27-7-3-4-8-32(27)38-33(41)44)23-35(42,13-20-43)40-16-10-28(11-17-40)39-14-5-2-6-15-39/h3-4,7-8,20-22,28-29H,2,5-6,9-19,23-24H2,1H3,(H,38,44)/t29-,35+/m1/s1. The smallest absolute Gasteiger partial charge is 0.411 e. The molecule has 3 fully saturated rings. The van der Waals surface area contributed by atoms with E-state index in [0.29, 0.717) is 32.0 Å². The quantitative estimate of drug-likeness (QED) is 0.308. The van der Waals surface area contributed by atoms with Crippen LogP contribution in [0, 0.1) is 6.92 Å². The van der Waals surface area contributed by atoms with Gasteiger partial charge in [0.15, 0.2) is 0 Å². The van der Waals surface area contributed by atoms with Crippen LogP contribution in [0.15, 0.2) is 45.3 Å². The van der Waals surface area contributed by atoms with E-state index < -0.39 is 11.8 Å². The number of rotatable bonds is 7. The van der Waals surface area contributed by atoms with Crippen molar-refractivity contribution in [2.45, 2.75) is 89.1 Å². The van der Waals surface area contributed by atoms with Gasteiger partial charge < -0.3 is 24.6 Å². The molecule has 2 aromatic rings. The average molecular weight is 760 g/mol. The van der Waals surface area contributed by atoms with E-state index in [2.05, 4.69) is 53.0 Å². The van der Waals surface area contributed by atoms with E-state index >= 15 is 0 Å². The van der Waals surface area contributed by atoms with Crippen LogP contribution in [0.3, 0.4) is 0 Å². The molecule has 0 aromatic heterocycles. The number of hydrogen-bond donors (Lipinski definition) is 1. The zero-order valence-electron chi connectivity index (χ0n) is 26.7. The summed E-state index contributed by atoms with van der Waals surface area (Å²) < 4.78 is 7.88. The largest absolute Gasteiger partial charge is 0.444 e. The fourth-order valence-electron chi connectivity index (χ4n) is 8.03. The van der Waals surface area contributed by atoms with Crippen molar-refractivity contribution in [2.24, 2.45) is 0 Å². The number of ether oxygens (including phenoxy) is 1. The second-order valence-corrected chi connectivity index (χ2v) is 14.9. The summed E-state index contributed by atoms with van der Waals surface area (Å²) in [5.74, 6) is 0. The molecular formula is C35H45Br2N5O4. The van der Waals surface area contributed by atoms with Crippen molar-refractivity contribution in [2.75, 3.05) is 44.6 Å². The fourth-order valence-corrected chi connectivity index (χ4v) is 9.31. The van der Waals surface area contributed by atoms with Gasteiger partial charge in [-0.05, 0) is 93.4 Å². The lowest BCUT2D eigenvalue weighted by Crippen LogP contribution is -2.70. The number of carbonyl (C=O) groups is 3. The maximum atomic E-state index is 14.0. The molecule has 46 heavy (non-hydrogen) atoms. The summed E-state index contributed by atoms with van der Waals surface area (Å²) in [6.45, 7) is 7.02. The highest BCUT2D eigenvalue weighted by Gasteiger charge is 2.52. The fraction of sp³-hybridized carbons (Fsp3) is 0.571. The summed E-state index contributed by atoms with van der Waals surface area (Å²) in [7, 11) is 0. The number of piperidine rings is 3. The van der Waals surface area contributed by atoms with Crippen molar-refractivity contribution in [3.8, 4) is 0 Å². The molecule has 0 spiro atoms. The third-order valence-electron chi connectivity index (χ3n) is 10.6. The minimum absolute atomic E-state index is 0.120. The topological polar surface area (TPSA) is 85.4 Å². The summed E-state index contributed by atoms with van der Waals surface area (Å²) in [6.07, 6.45) is 8.39. The number of aldehydes is 1. The van der Waals surface area contributed by atoms with Gasteiger partial charge in [0.2, 0.25) is 0 Å². The van der Waals surface area contributed by atoms with Gasteiger partial charge in [-0.3, -0.25) is 9.80 Å². The molecule has 0 unspecified atom stereocenters. The number of hydrogen-bond acceptors (Lipinski definition) is 6. The van der Waals surface area contributed by atoms with Crippen LogP contribution in [0.2, 0.25) is 0 Å². The summed E-state index contributed by atoms with van der Waals surface area (Å²) in [6, 6.07) is 12.2. The highest BCUT2D eigenvalue weighted by atomic mass is 79.9. The summed E-state index contributed by atoms with van der Waals surface area (Å²) in [5, 5.41) is 3.12. The van der Waals surface area contributed by atoms with Gasteiger partial charge in [-0.2, -0.15) is 0 Å². The molecule has 0 bridgehead atoms. The molecule has 2 atom stereocenters. The zero-order chi connectivity index (χ0) is 32.3. The van der Waals surface area contributed by atoms with Crippen molar-refractivity contribution in [1.29, 1.82) is 0 Å². The molecular weight excluding hydrogens is 714 g/mol. The predicted molar refractivity (Wildman–Crippen MR) is 186 cm³/mol. The Bertz CT molecular complexity index is 1400. The molecule has 6 rings (SSSR count). The van der Waals surface area contributed by atoms with Gasteiger partial charge in [0.1, 0.15) is 18.6 Å². The normalized spacial score (nSPS) is 25.0. The predicted octanol–water partition coefficient (Wildman–Crippen LogP) is 6.95. The molecule has 9 nitrogen and oxygen atoms in total. The van der Waals surface area contributed by atoms with Gasteiger partial charge in [0.25, 0.3) is 0 Å². The monoisotopic (exact) mass is 757 g/mol. The van der Waals surface area contributed by atoms with Crippen molar-refractivity contribution in [3.63, 3.8) is 0 Å². The Hall–Kier alpha value is -2.47. The minimum Gasteiger partial charge on any atom is -0.444 e. The lowest BCUT2D eigenvalue weighted by atomic mass is 9.84. The number of para-hydroxylation sites is 1. The number of urea groups is 1. The first-order valence-electron chi connectivity index (χ1n) is 16.8. The third-order valence-corrected chi connectivity index (χ3v) is 12.3. The van der Waals surface area contributed by atoms with E-state index in [1.54, 1.807) is 0 Å². The summed E-state index contributed by atoms with van der Waals surface area (Å²) >= 11 is 7.20. The van der Waals surface area contributed by atoms with Crippen LogP contribution in [0.5, 0.6) is 0 Å². The third kappa shape index (κ3) is 7.03. The number of halogens is 2. The number of nitrogens with one attached hydrogen (secondary N) is 1. The molecule has 4 aliphatic rings. The molecule has 0 radical (unpaired) electrons. The van der Waals surface area contributed by atoms with Crippen LogP contribution in [0.1, 0.15) is 68.1 Å². The van der Waals surface area contributed by atoms with Gasteiger partial charge in [-0.15, -0.1) is 0 Å². The summed E-state index contributed by atoms with van der Waals surface area (Å²) in [4.78, 5) is 48.9. The van der Waals surface area contributed by atoms with Gasteiger partial charge in [-0.25, -0.2) is 9.59 Å². The Morgan fingerprint density at radius 3 is 2.39 bits per heavy atom. The van der Waals surface area contributed by atoms with Crippen LogP contribution >= 0.6 is 31.9 Å². The van der Waals surface area contributed by atoms with Crippen molar-refractivity contribution in [3.05, 3.63) is 62.0 Å².